The fraction of sp³-hybridized carbons (Fsp3) is 0.588. The average Bonchev–Trinajstić information content (AvgIpc) is 2.39. The quantitative estimate of drug-likeness (QED) is 0.406. The lowest BCUT2D eigenvalue weighted by Gasteiger charge is -2.16. The third-order valence-corrected chi connectivity index (χ3v) is 3.26. The van der Waals surface area contributed by atoms with Crippen LogP contribution in [0.15, 0.2) is 29.3 Å². The Morgan fingerprint density at radius 1 is 1.00 bits per heavy atom. The molecule has 19 heavy (non-hydrogen) atoms. The first-order valence-corrected chi connectivity index (χ1v) is 7.44. The number of hydrogen-bond donors (Lipinski definition) is 0. The predicted molar refractivity (Wildman–Crippen MR) is 85.0 cm³/mol. The van der Waals surface area contributed by atoms with Gasteiger partial charge in [0.05, 0.1) is 0 Å². The van der Waals surface area contributed by atoms with Crippen molar-refractivity contribution in [3.8, 4) is 0 Å². The van der Waals surface area contributed by atoms with Gasteiger partial charge in [0, 0.05) is 26.2 Å². The molecule has 0 aliphatic rings. The van der Waals surface area contributed by atoms with Crippen molar-refractivity contribution in [2.75, 3.05) is 20.6 Å². The Bertz CT molecular complexity index is 377. The van der Waals surface area contributed by atoms with Gasteiger partial charge in [-0.05, 0) is 13.3 Å². The average molecular weight is 260 g/mol. The summed E-state index contributed by atoms with van der Waals surface area (Å²) in [6, 6.07) is 8.61. The number of unbranched alkanes of at least 4 members (excludes halogenated alkanes) is 4. The van der Waals surface area contributed by atoms with E-state index in [2.05, 4.69) is 57.1 Å². The molecule has 0 heterocycles. The first-order valence-electron chi connectivity index (χ1n) is 7.44. The standard InChI is InChI=1S/C17H28N2/c1-5-6-7-8-9-14-18-17(19(3)4)16-12-10-15(2)11-13-16/h10-13H,5-9,14H2,1-4H3. The fourth-order valence-corrected chi connectivity index (χ4v) is 2.09. The summed E-state index contributed by atoms with van der Waals surface area (Å²) in [5, 5.41) is 0. The number of benzene rings is 1. The normalized spacial score (nSPS) is 11.7. The van der Waals surface area contributed by atoms with Crippen LogP contribution in [0.2, 0.25) is 0 Å². The molecule has 1 aromatic carbocycles. The molecule has 2 heteroatoms. The van der Waals surface area contributed by atoms with E-state index in [0.29, 0.717) is 0 Å². The van der Waals surface area contributed by atoms with E-state index in [0.717, 1.165) is 12.4 Å². The van der Waals surface area contributed by atoms with Crippen molar-refractivity contribution in [3.05, 3.63) is 35.4 Å². The van der Waals surface area contributed by atoms with Gasteiger partial charge in [-0.1, -0.05) is 62.4 Å². The summed E-state index contributed by atoms with van der Waals surface area (Å²) >= 11 is 0. The van der Waals surface area contributed by atoms with Gasteiger partial charge in [0.1, 0.15) is 5.84 Å². The Hall–Kier alpha value is -1.31. The maximum absolute atomic E-state index is 4.76. The van der Waals surface area contributed by atoms with Gasteiger partial charge < -0.3 is 4.90 Å². The molecule has 0 unspecified atom stereocenters. The van der Waals surface area contributed by atoms with E-state index in [9.17, 15) is 0 Å². The molecule has 0 saturated heterocycles. The Morgan fingerprint density at radius 2 is 1.63 bits per heavy atom. The molecule has 1 rings (SSSR count). The zero-order valence-electron chi connectivity index (χ0n) is 12.9. The second-order valence-corrected chi connectivity index (χ2v) is 5.38. The lowest BCUT2D eigenvalue weighted by Crippen LogP contribution is -2.23. The molecule has 106 valence electrons. The highest BCUT2D eigenvalue weighted by molar-refractivity contribution is 5.98. The van der Waals surface area contributed by atoms with Gasteiger partial charge >= 0.3 is 0 Å². The minimum absolute atomic E-state index is 0.936. The van der Waals surface area contributed by atoms with Crippen LogP contribution >= 0.6 is 0 Å². The van der Waals surface area contributed by atoms with Crippen LogP contribution in [0.5, 0.6) is 0 Å². The molecule has 0 saturated carbocycles. The van der Waals surface area contributed by atoms with E-state index in [-0.39, 0.29) is 0 Å². The van der Waals surface area contributed by atoms with E-state index in [1.165, 1.54) is 43.2 Å². The molecule has 0 bridgehead atoms. The van der Waals surface area contributed by atoms with E-state index in [1.54, 1.807) is 0 Å². The molecule has 0 aliphatic heterocycles. The van der Waals surface area contributed by atoms with Crippen LogP contribution in [0.4, 0.5) is 0 Å². The second-order valence-electron chi connectivity index (χ2n) is 5.38. The molecule has 0 radical (unpaired) electrons. The summed E-state index contributed by atoms with van der Waals surface area (Å²) in [5.41, 5.74) is 2.51. The van der Waals surface area contributed by atoms with Gasteiger partial charge in [-0.2, -0.15) is 0 Å². The highest BCUT2D eigenvalue weighted by Gasteiger charge is 2.04. The first kappa shape index (κ1) is 15.7. The van der Waals surface area contributed by atoms with Gasteiger partial charge in [0.2, 0.25) is 0 Å². The maximum atomic E-state index is 4.76. The zero-order valence-corrected chi connectivity index (χ0v) is 12.9. The second kappa shape index (κ2) is 8.73. The Balaban J connectivity index is 2.55. The van der Waals surface area contributed by atoms with E-state index >= 15 is 0 Å². The molecular formula is C17H28N2. The molecular weight excluding hydrogens is 232 g/mol. The molecule has 0 atom stereocenters. The molecule has 0 aliphatic carbocycles. The van der Waals surface area contributed by atoms with Gasteiger partial charge in [0.25, 0.3) is 0 Å². The predicted octanol–water partition coefficient (Wildman–Crippen LogP) is 4.27. The Kier molecular flexibility index (Phi) is 7.24. The fourth-order valence-electron chi connectivity index (χ4n) is 2.09. The number of nitrogens with zero attached hydrogens (tertiary/aromatic N) is 2. The van der Waals surface area contributed by atoms with Gasteiger partial charge in [-0.15, -0.1) is 0 Å². The van der Waals surface area contributed by atoms with Crippen LogP contribution in [-0.2, 0) is 0 Å². The van der Waals surface area contributed by atoms with Gasteiger partial charge in [-0.3, -0.25) is 4.99 Å². The summed E-state index contributed by atoms with van der Waals surface area (Å²) < 4.78 is 0. The third-order valence-electron chi connectivity index (χ3n) is 3.26. The largest absolute Gasteiger partial charge is 0.363 e. The highest BCUT2D eigenvalue weighted by Crippen LogP contribution is 2.08. The zero-order chi connectivity index (χ0) is 14.1. The highest BCUT2D eigenvalue weighted by atomic mass is 15.1. The van der Waals surface area contributed by atoms with Crippen LogP contribution in [0, 0.1) is 6.92 Å². The Morgan fingerprint density at radius 3 is 2.21 bits per heavy atom. The van der Waals surface area contributed by atoms with Crippen LogP contribution in [0.25, 0.3) is 0 Å². The lowest BCUT2D eigenvalue weighted by molar-refractivity contribution is 0.607. The summed E-state index contributed by atoms with van der Waals surface area (Å²) in [5.74, 6) is 1.09. The Labute approximate surface area is 118 Å². The molecule has 1 aromatic rings. The first-order chi connectivity index (χ1) is 9.15. The summed E-state index contributed by atoms with van der Waals surface area (Å²) in [7, 11) is 4.13. The van der Waals surface area contributed by atoms with Crippen LogP contribution in [0.3, 0.4) is 0 Å². The van der Waals surface area contributed by atoms with E-state index in [1.807, 2.05) is 0 Å². The van der Waals surface area contributed by atoms with Crippen molar-refractivity contribution in [1.82, 2.24) is 4.90 Å². The van der Waals surface area contributed by atoms with Gasteiger partial charge in [0.15, 0.2) is 0 Å². The maximum Gasteiger partial charge on any atom is 0.130 e. The molecule has 0 amide bonds. The number of rotatable bonds is 7. The summed E-state index contributed by atoms with van der Waals surface area (Å²) in [4.78, 5) is 6.87. The molecule has 0 fully saturated rings. The number of hydrogen-bond acceptors (Lipinski definition) is 1. The lowest BCUT2D eigenvalue weighted by atomic mass is 10.1. The van der Waals surface area contributed by atoms with Crippen molar-refractivity contribution in [1.29, 1.82) is 0 Å². The van der Waals surface area contributed by atoms with Gasteiger partial charge in [-0.25, -0.2) is 0 Å². The van der Waals surface area contributed by atoms with Crippen molar-refractivity contribution in [2.24, 2.45) is 4.99 Å². The van der Waals surface area contributed by atoms with Crippen LogP contribution in [0.1, 0.15) is 50.2 Å². The van der Waals surface area contributed by atoms with Crippen molar-refractivity contribution < 1.29 is 0 Å². The molecule has 0 N–H and O–H groups in total. The van der Waals surface area contributed by atoms with Crippen molar-refractivity contribution in [2.45, 2.75) is 46.0 Å². The minimum atomic E-state index is 0.936. The number of aliphatic imine (C=N–C) groups is 1. The smallest absolute Gasteiger partial charge is 0.130 e. The summed E-state index contributed by atoms with van der Waals surface area (Å²) in [6.45, 7) is 5.30. The van der Waals surface area contributed by atoms with E-state index < -0.39 is 0 Å². The molecule has 0 aromatic heterocycles. The molecule has 0 spiro atoms. The van der Waals surface area contributed by atoms with Crippen molar-refractivity contribution in [3.63, 3.8) is 0 Å². The number of amidine groups is 1. The van der Waals surface area contributed by atoms with E-state index in [4.69, 9.17) is 4.99 Å². The monoisotopic (exact) mass is 260 g/mol. The number of aryl methyl sites for hydroxylation is 1. The topological polar surface area (TPSA) is 15.6 Å². The van der Waals surface area contributed by atoms with Crippen LogP contribution < -0.4 is 0 Å². The third kappa shape index (κ3) is 5.91. The van der Waals surface area contributed by atoms with Crippen molar-refractivity contribution >= 4 is 5.84 Å². The SMILES string of the molecule is CCCCCCCN=C(c1ccc(C)cc1)N(C)C. The summed E-state index contributed by atoms with van der Waals surface area (Å²) in [6.07, 6.45) is 6.49. The van der Waals surface area contributed by atoms with Crippen LogP contribution in [-0.4, -0.2) is 31.4 Å². The molecule has 2 nitrogen and oxygen atoms in total. The minimum Gasteiger partial charge on any atom is -0.363 e.